The topological polar surface area (TPSA) is 35.2 Å². The Kier molecular flexibility index (Phi) is 13.4. The fraction of sp³-hybridized carbons (Fsp3) is 0.818. The second-order valence-electron chi connectivity index (χ2n) is 3.09. The lowest BCUT2D eigenvalue weighted by Gasteiger charge is -2.22. The van der Waals surface area contributed by atoms with E-state index in [0.717, 1.165) is 12.8 Å². The van der Waals surface area contributed by atoms with Gasteiger partial charge in [-0.2, -0.15) is 13.2 Å². The molecule has 0 spiro atoms. The summed E-state index contributed by atoms with van der Waals surface area (Å²) >= 11 is 0. The van der Waals surface area contributed by atoms with Gasteiger partial charge >= 0.3 is 6.68 Å². The van der Waals surface area contributed by atoms with Crippen molar-refractivity contribution >= 4 is 0 Å². The molecule has 0 heterocycles. The maximum atomic E-state index is 9.67. The molecule has 0 unspecified atom stereocenters. The number of hydrogen-bond acceptors (Lipinski definition) is 2. The third kappa shape index (κ3) is 15.6. The van der Waals surface area contributed by atoms with Gasteiger partial charge in [0, 0.05) is 0 Å². The van der Waals surface area contributed by atoms with E-state index in [0.29, 0.717) is 12.0 Å². The molecule has 98 valence electrons. The van der Waals surface area contributed by atoms with Gasteiger partial charge in [-0.3, -0.25) is 0 Å². The number of ether oxygens (including phenoxy) is 1. The van der Waals surface area contributed by atoms with Gasteiger partial charge in [0.25, 0.3) is 0 Å². The summed E-state index contributed by atoms with van der Waals surface area (Å²) in [5.74, 6) is 0.368. The van der Waals surface area contributed by atoms with Crippen LogP contribution in [0.5, 0.6) is 0 Å². The molecule has 1 aliphatic rings. The van der Waals surface area contributed by atoms with Crippen LogP contribution in [-0.2, 0) is 4.74 Å². The van der Waals surface area contributed by atoms with Crippen LogP contribution in [0.15, 0.2) is 12.5 Å². The molecule has 0 atom stereocenters. The number of hydrogen-bond donors (Lipinski definition) is 1. The van der Waals surface area contributed by atoms with Crippen molar-refractivity contribution in [2.45, 2.75) is 58.7 Å². The maximum absolute atomic E-state index is 9.67. The van der Waals surface area contributed by atoms with Gasteiger partial charge in [-0.05, 0) is 32.3 Å². The second-order valence-corrected chi connectivity index (χ2v) is 3.09. The van der Waals surface area contributed by atoms with Crippen molar-refractivity contribution in [3.05, 3.63) is 12.5 Å². The van der Waals surface area contributed by atoms with Crippen LogP contribution in [-0.4, -0.2) is 12.8 Å². The molecule has 16 heavy (non-hydrogen) atoms. The molecule has 0 bridgehead atoms. The molecule has 0 aromatic carbocycles. The summed E-state index contributed by atoms with van der Waals surface area (Å²) in [5, 5.41) is 0. The van der Waals surface area contributed by atoms with Crippen LogP contribution in [0, 0.1) is 0 Å². The van der Waals surface area contributed by atoms with Gasteiger partial charge < -0.3 is 10.5 Å². The smallest absolute Gasteiger partial charge is 0.379 e. The van der Waals surface area contributed by atoms with E-state index in [-0.39, 0.29) is 0 Å². The van der Waals surface area contributed by atoms with Crippen LogP contribution in [0.3, 0.4) is 0 Å². The van der Waals surface area contributed by atoms with E-state index in [1.165, 1.54) is 19.3 Å². The Balaban J connectivity index is 0. The predicted molar refractivity (Wildman–Crippen MR) is 59.7 cm³/mol. The highest BCUT2D eigenvalue weighted by molar-refractivity contribution is 4.76. The molecular formula is C11H22F3NO. The minimum Gasteiger partial charge on any atom is -0.477 e. The monoisotopic (exact) mass is 241 g/mol. The molecule has 5 heteroatoms. The standard InChI is InChI=1S/C8H15NO.C2H6.CHF3/c1-7(9)10-8-5-3-2-4-6-8;1-2;2-1(3)4/h8H,1-6,9H2;1-2H3;1H. The van der Waals surface area contributed by atoms with E-state index in [9.17, 15) is 13.2 Å². The summed E-state index contributed by atoms with van der Waals surface area (Å²) in [7, 11) is 0. The zero-order chi connectivity index (χ0) is 13.0. The first kappa shape index (κ1) is 17.5. The molecular weight excluding hydrogens is 219 g/mol. The fourth-order valence-corrected chi connectivity index (χ4v) is 1.40. The summed E-state index contributed by atoms with van der Waals surface area (Å²) in [5.41, 5.74) is 5.31. The van der Waals surface area contributed by atoms with Crippen LogP contribution in [0.25, 0.3) is 0 Å². The number of halogens is 3. The lowest BCUT2D eigenvalue weighted by molar-refractivity contribution is 0.00819. The van der Waals surface area contributed by atoms with Crippen molar-refractivity contribution in [3.63, 3.8) is 0 Å². The van der Waals surface area contributed by atoms with Crippen LogP contribution < -0.4 is 5.73 Å². The van der Waals surface area contributed by atoms with Gasteiger partial charge in [-0.15, -0.1) is 0 Å². The number of nitrogens with two attached hydrogens (primary N) is 1. The molecule has 1 rings (SSSR count). The Morgan fingerprint density at radius 1 is 1.19 bits per heavy atom. The number of rotatable bonds is 2. The van der Waals surface area contributed by atoms with E-state index >= 15 is 0 Å². The Morgan fingerprint density at radius 3 is 1.88 bits per heavy atom. The molecule has 0 aromatic heterocycles. The van der Waals surface area contributed by atoms with Crippen molar-refractivity contribution in [2.24, 2.45) is 5.73 Å². The fourth-order valence-electron chi connectivity index (χ4n) is 1.40. The molecule has 0 aliphatic heterocycles. The van der Waals surface area contributed by atoms with Crippen LogP contribution in [0.1, 0.15) is 46.0 Å². The van der Waals surface area contributed by atoms with Crippen LogP contribution in [0.2, 0.25) is 0 Å². The molecule has 0 aromatic rings. The lowest BCUT2D eigenvalue weighted by atomic mass is 9.98. The van der Waals surface area contributed by atoms with Crippen molar-refractivity contribution in [1.82, 2.24) is 0 Å². The third-order valence-corrected chi connectivity index (χ3v) is 1.87. The average molecular weight is 241 g/mol. The first-order valence-corrected chi connectivity index (χ1v) is 5.55. The van der Waals surface area contributed by atoms with Crippen molar-refractivity contribution in [1.29, 1.82) is 0 Å². The summed E-state index contributed by atoms with van der Waals surface area (Å²) in [6.07, 6.45) is 6.55. The van der Waals surface area contributed by atoms with Crippen molar-refractivity contribution in [3.8, 4) is 0 Å². The molecule has 0 saturated heterocycles. The Labute approximate surface area is 95.7 Å². The van der Waals surface area contributed by atoms with Crippen molar-refractivity contribution < 1.29 is 17.9 Å². The Bertz CT molecular complexity index is 157. The SMILES string of the molecule is C=C(N)OC1CCCCC1.CC.FC(F)F. The summed E-state index contributed by atoms with van der Waals surface area (Å²) in [4.78, 5) is 0. The van der Waals surface area contributed by atoms with E-state index in [2.05, 4.69) is 6.58 Å². The van der Waals surface area contributed by atoms with Crippen LogP contribution >= 0.6 is 0 Å². The first-order chi connectivity index (χ1) is 7.52. The molecule has 2 N–H and O–H groups in total. The summed E-state index contributed by atoms with van der Waals surface area (Å²) in [6, 6.07) is 0. The van der Waals surface area contributed by atoms with E-state index in [1.807, 2.05) is 13.8 Å². The molecule has 2 nitrogen and oxygen atoms in total. The van der Waals surface area contributed by atoms with Gasteiger partial charge in [0.15, 0.2) is 5.88 Å². The molecule has 1 saturated carbocycles. The van der Waals surface area contributed by atoms with Gasteiger partial charge in [-0.25, -0.2) is 0 Å². The van der Waals surface area contributed by atoms with Crippen molar-refractivity contribution in [2.75, 3.05) is 0 Å². The summed E-state index contributed by atoms with van der Waals surface area (Å²) < 4.78 is 34.3. The first-order valence-electron chi connectivity index (χ1n) is 5.55. The molecule has 0 amide bonds. The van der Waals surface area contributed by atoms with E-state index < -0.39 is 6.68 Å². The molecule has 0 radical (unpaired) electrons. The minimum atomic E-state index is -3.67. The highest BCUT2D eigenvalue weighted by atomic mass is 19.4. The largest absolute Gasteiger partial charge is 0.477 e. The highest BCUT2D eigenvalue weighted by Gasteiger charge is 2.13. The third-order valence-electron chi connectivity index (χ3n) is 1.87. The van der Waals surface area contributed by atoms with Gasteiger partial charge in [0.2, 0.25) is 0 Å². The van der Waals surface area contributed by atoms with E-state index in [1.54, 1.807) is 0 Å². The predicted octanol–water partition coefficient (Wildman–Crippen LogP) is 3.97. The zero-order valence-corrected chi connectivity index (χ0v) is 10.0. The quantitative estimate of drug-likeness (QED) is 0.742. The normalized spacial score (nSPS) is 15.4. The highest BCUT2D eigenvalue weighted by Crippen LogP contribution is 2.20. The van der Waals surface area contributed by atoms with Gasteiger partial charge in [-0.1, -0.05) is 20.3 Å². The Hall–Kier alpha value is -0.870. The zero-order valence-electron chi connectivity index (χ0n) is 10.0. The number of alkyl halides is 3. The molecule has 1 aliphatic carbocycles. The average Bonchev–Trinajstić information content (AvgIpc) is 2.20. The molecule has 1 fully saturated rings. The maximum Gasteiger partial charge on any atom is 0.379 e. The van der Waals surface area contributed by atoms with Crippen LogP contribution in [0.4, 0.5) is 13.2 Å². The summed E-state index contributed by atoms with van der Waals surface area (Å²) in [6.45, 7) is 3.84. The van der Waals surface area contributed by atoms with Gasteiger partial charge in [0.1, 0.15) is 6.10 Å². The van der Waals surface area contributed by atoms with Gasteiger partial charge in [0.05, 0.1) is 0 Å². The second kappa shape index (κ2) is 12.2. The Morgan fingerprint density at radius 2 is 1.56 bits per heavy atom. The van der Waals surface area contributed by atoms with E-state index in [4.69, 9.17) is 10.5 Å². The minimum absolute atomic E-state index is 0.353. The lowest BCUT2D eigenvalue weighted by Crippen LogP contribution is -2.18.